The molecule has 0 unspecified atom stereocenters. The van der Waals surface area contributed by atoms with E-state index in [4.69, 9.17) is 23.2 Å². The van der Waals surface area contributed by atoms with E-state index in [1.165, 1.54) is 0 Å². The number of hydrogen-bond acceptors (Lipinski definition) is 2. The molecule has 0 aliphatic carbocycles. The average Bonchev–Trinajstić information content (AvgIpc) is 2.44. The molecule has 2 rings (SSSR count). The van der Waals surface area contributed by atoms with Crippen molar-refractivity contribution in [2.75, 3.05) is 11.8 Å². The largest absolute Gasteiger partial charge is 0.508 e. The van der Waals surface area contributed by atoms with Crippen molar-refractivity contribution in [3.63, 3.8) is 0 Å². The topological polar surface area (TPSA) is 40.5 Å². The molecular formula is C15H14Cl2O2. The fourth-order valence-electron chi connectivity index (χ4n) is 2.07. The normalized spacial score (nSPS) is 11.5. The first-order valence-corrected chi connectivity index (χ1v) is 6.90. The molecule has 0 radical (unpaired) electrons. The van der Waals surface area contributed by atoms with Gasteiger partial charge in [-0.3, -0.25) is 0 Å². The Morgan fingerprint density at radius 3 is 1.26 bits per heavy atom. The number of phenolic OH excluding ortho intramolecular Hbond substituents is 2. The van der Waals surface area contributed by atoms with Crippen LogP contribution in [0.2, 0.25) is 0 Å². The van der Waals surface area contributed by atoms with Crippen LogP contribution < -0.4 is 0 Å². The second-order valence-corrected chi connectivity index (χ2v) is 4.98. The van der Waals surface area contributed by atoms with Gasteiger partial charge in [-0.2, -0.15) is 0 Å². The maximum Gasteiger partial charge on any atom is 0.115 e. The van der Waals surface area contributed by atoms with Crippen LogP contribution in [0.15, 0.2) is 48.5 Å². The van der Waals surface area contributed by atoms with Gasteiger partial charge in [-0.25, -0.2) is 0 Å². The molecule has 0 bridgehead atoms. The van der Waals surface area contributed by atoms with E-state index in [0.29, 0.717) is 11.8 Å². The summed E-state index contributed by atoms with van der Waals surface area (Å²) in [7, 11) is 0. The molecule has 0 heterocycles. The van der Waals surface area contributed by atoms with Gasteiger partial charge in [-0.05, 0) is 35.4 Å². The maximum absolute atomic E-state index is 9.38. The highest BCUT2D eigenvalue weighted by atomic mass is 35.5. The van der Waals surface area contributed by atoms with Crippen molar-refractivity contribution >= 4 is 23.2 Å². The van der Waals surface area contributed by atoms with Crippen molar-refractivity contribution in [2.24, 2.45) is 0 Å². The van der Waals surface area contributed by atoms with Crippen LogP contribution in [0.25, 0.3) is 0 Å². The van der Waals surface area contributed by atoms with Crippen LogP contribution in [0.1, 0.15) is 11.1 Å². The summed E-state index contributed by atoms with van der Waals surface area (Å²) in [6.07, 6.45) is 0. The van der Waals surface area contributed by atoms with Crippen LogP contribution in [-0.4, -0.2) is 22.0 Å². The zero-order valence-corrected chi connectivity index (χ0v) is 11.7. The van der Waals surface area contributed by atoms with Gasteiger partial charge in [0.1, 0.15) is 11.5 Å². The van der Waals surface area contributed by atoms with Crippen molar-refractivity contribution in [1.29, 1.82) is 0 Å². The monoisotopic (exact) mass is 296 g/mol. The van der Waals surface area contributed by atoms with Gasteiger partial charge < -0.3 is 10.2 Å². The number of aromatic hydroxyl groups is 2. The minimum atomic E-state index is -0.537. The molecule has 2 aromatic rings. The lowest BCUT2D eigenvalue weighted by atomic mass is 9.77. The van der Waals surface area contributed by atoms with Gasteiger partial charge >= 0.3 is 0 Å². The minimum absolute atomic E-state index is 0.201. The molecule has 0 saturated heterocycles. The van der Waals surface area contributed by atoms with Crippen LogP contribution in [-0.2, 0) is 5.41 Å². The fraction of sp³-hybridized carbons (Fsp3) is 0.200. The Kier molecular flexibility index (Phi) is 4.23. The molecule has 4 heteroatoms. The number of alkyl halides is 2. The Labute approximate surface area is 122 Å². The van der Waals surface area contributed by atoms with Crippen LogP contribution in [0.5, 0.6) is 11.5 Å². The second kappa shape index (κ2) is 5.72. The fourth-order valence-corrected chi connectivity index (χ4v) is 2.97. The summed E-state index contributed by atoms with van der Waals surface area (Å²) in [4.78, 5) is 0. The van der Waals surface area contributed by atoms with Crippen molar-refractivity contribution in [3.8, 4) is 11.5 Å². The van der Waals surface area contributed by atoms with Gasteiger partial charge in [0.25, 0.3) is 0 Å². The number of halogens is 2. The predicted molar refractivity (Wildman–Crippen MR) is 78.4 cm³/mol. The molecule has 2 aromatic carbocycles. The first-order chi connectivity index (χ1) is 9.12. The highest BCUT2D eigenvalue weighted by molar-refractivity contribution is 6.22. The van der Waals surface area contributed by atoms with Gasteiger partial charge in [0.2, 0.25) is 0 Å². The molecule has 19 heavy (non-hydrogen) atoms. The molecule has 0 aromatic heterocycles. The lowest BCUT2D eigenvalue weighted by molar-refractivity contribution is 0.474. The zero-order valence-electron chi connectivity index (χ0n) is 10.2. The molecule has 0 atom stereocenters. The lowest BCUT2D eigenvalue weighted by Crippen LogP contribution is -2.31. The summed E-state index contributed by atoms with van der Waals surface area (Å²) in [5.41, 5.74) is 1.33. The molecule has 100 valence electrons. The van der Waals surface area contributed by atoms with E-state index in [-0.39, 0.29) is 11.5 Å². The van der Waals surface area contributed by atoms with Crippen LogP contribution >= 0.6 is 23.2 Å². The smallest absolute Gasteiger partial charge is 0.115 e. The molecule has 0 fully saturated rings. The Morgan fingerprint density at radius 1 is 0.684 bits per heavy atom. The van der Waals surface area contributed by atoms with E-state index in [1.807, 2.05) is 24.3 Å². The van der Waals surface area contributed by atoms with Crippen molar-refractivity contribution in [1.82, 2.24) is 0 Å². The van der Waals surface area contributed by atoms with Crippen molar-refractivity contribution in [3.05, 3.63) is 59.7 Å². The number of benzene rings is 2. The molecule has 0 spiro atoms. The summed E-state index contributed by atoms with van der Waals surface area (Å²) in [6, 6.07) is 13.7. The van der Waals surface area contributed by atoms with E-state index in [0.717, 1.165) is 11.1 Å². The zero-order chi connectivity index (χ0) is 13.9. The Hall–Kier alpha value is -1.38. The highest BCUT2D eigenvalue weighted by Crippen LogP contribution is 2.36. The summed E-state index contributed by atoms with van der Waals surface area (Å²) < 4.78 is 0. The summed E-state index contributed by atoms with van der Waals surface area (Å²) >= 11 is 12.3. The van der Waals surface area contributed by atoms with Gasteiger partial charge in [-0.1, -0.05) is 24.3 Å². The summed E-state index contributed by atoms with van der Waals surface area (Å²) in [5.74, 6) is 1.03. The van der Waals surface area contributed by atoms with E-state index < -0.39 is 5.41 Å². The molecule has 2 nitrogen and oxygen atoms in total. The van der Waals surface area contributed by atoms with E-state index in [1.54, 1.807) is 24.3 Å². The molecule has 0 saturated carbocycles. The quantitative estimate of drug-likeness (QED) is 0.841. The standard InChI is InChI=1S/C15H14Cl2O2/c16-9-15(10-17,11-1-5-13(18)6-2-11)12-3-7-14(19)8-4-12/h1-8,18-19H,9-10H2. The van der Waals surface area contributed by atoms with Crippen molar-refractivity contribution < 1.29 is 10.2 Å². The van der Waals surface area contributed by atoms with Crippen LogP contribution in [0, 0.1) is 0 Å². The first kappa shape index (κ1) is 14.0. The Morgan fingerprint density at radius 2 is 1.00 bits per heavy atom. The van der Waals surface area contributed by atoms with Crippen LogP contribution in [0.4, 0.5) is 0 Å². The molecule has 0 amide bonds. The molecule has 0 aliphatic heterocycles. The van der Waals surface area contributed by atoms with Crippen molar-refractivity contribution in [2.45, 2.75) is 5.41 Å². The van der Waals surface area contributed by atoms with Gasteiger partial charge in [0.05, 0.1) is 0 Å². The Balaban J connectivity index is 2.53. The summed E-state index contributed by atoms with van der Waals surface area (Å²) in [5, 5.41) is 18.8. The summed E-state index contributed by atoms with van der Waals surface area (Å²) in [6.45, 7) is 0. The third-order valence-corrected chi connectivity index (χ3v) is 4.21. The minimum Gasteiger partial charge on any atom is -0.508 e. The highest BCUT2D eigenvalue weighted by Gasteiger charge is 2.32. The van der Waals surface area contributed by atoms with E-state index in [9.17, 15) is 10.2 Å². The third-order valence-electron chi connectivity index (χ3n) is 3.30. The number of phenols is 2. The van der Waals surface area contributed by atoms with Gasteiger partial charge in [0, 0.05) is 17.2 Å². The maximum atomic E-state index is 9.38. The number of rotatable bonds is 4. The lowest BCUT2D eigenvalue weighted by Gasteiger charge is -2.31. The average molecular weight is 297 g/mol. The Bertz CT molecular complexity index is 484. The van der Waals surface area contributed by atoms with E-state index >= 15 is 0 Å². The second-order valence-electron chi connectivity index (χ2n) is 4.44. The van der Waals surface area contributed by atoms with E-state index in [2.05, 4.69) is 0 Å². The first-order valence-electron chi connectivity index (χ1n) is 5.83. The molecule has 2 N–H and O–H groups in total. The molecular weight excluding hydrogens is 283 g/mol. The predicted octanol–water partition coefficient (Wildman–Crippen LogP) is 3.86. The SMILES string of the molecule is Oc1ccc(C(CCl)(CCl)c2ccc(O)cc2)cc1. The number of hydrogen-bond donors (Lipinski definition) is 2. The van der Waals surface area contributed by atoms with Gasteiger partial charge in [0.15, 0.2) is 0 Å². The third kappa shape index (κ3) is 2.65. The van der Waals surface area contributed by atoms with Crippen LogP contribution in [0.3, 0.4) is 0 Å². The molecule has 0 aliphatic rings. The van der Waals surface area contributed by atoms with Gasteiger partial charge in [-0.15, -0.1) is 23.2 Å².